The molecule has 1 aromatic carbocycles. The number of carbonyl (C=O) groups is 2. The summed E-state index contributed by atoms with van der Waals surface area (Å²) in [4.78, 5) is 26.7. The molecule has 0 bridgehead atoms. The first-order valence-corrected chi connectivity index (χ1v) is 9.14. The van der Waals surface area contributed by atoms with Crippen LogP contribution in [0.25, 0.3) is 0 Å². The van der Waals surface area contributed by atoms with E-state index in [0.717, 1.165) is 18.5 Å². The van der Waals surface area contributed by atoms with Crippen molar-refractivity contribution in [3.8, 4) is 6.07 Å². The van der Waals surface area contributed by atoms with Gasteiger partial charge in [-0.3, -0.25) is 14.5 Å². The van der Waals surface area contributed by atoms with Crippen molar-refractivity contribution in [3.05, 3.63) is 30.3 Å². The zero-order valence-electron chi connectivity index (χ0n) is 15.8. The van der Waals surface area contributed by atoms with Gasteiger partial charge < -0.3 is 10.6 Å². The predicted molar refractivity (Wildman–Crippen MR) is 101 cm³/mol. The first-order chi connectivity index (χ1) is 12.3. The van der Waals surface area contributed by atoms with E-state index in [2.05, 4.69) is 16.7 Å². The van der Waals surface area contributed by atoms with Crippen LogP contribution < -0.4 is 10.6 Å². The number of hydrogen-bond acceptors (Lipinski definition) is 4. The van der Waals surface area contributed by atoms with E-state index in [4.69, 9.17) is 0 Å². The standard InChI is InChI=1S/C20H28N4O2/c1-15(2)20(3,14-21)23-18(25)13-24-11-9-16(10-12-24)19(26)22-17-7-5-4-6-8-17/h4-8,15-16H,9-13H2,1-3H3,(H,22,26)(H,23,25)/t20-/m0/s1. The van der Waals surface area contributed by atoms with Crippen LogP contribution in [0.1, 0.15) is 33.6 Å². The van der Waals surface area contributed by atoms with Gasteiger partial charge in [0.15, 0.2) is 0 Å². The SMILES string of the molecule is CC(C)[C@](C)(C#N)NC(=O)CN1CCC(C(=O)Nc2ccccc2)CC1. The van der Waals surface area contributed by atoms with Gasteiger partial charge in [-0.25, -0.2) is 0 Å². The summed E-state index contributed by atoms with van der Waals surface area (Å²) >= 11 is 0. The summed E-state index contributed by atoms with van der Waals surface area (Å²) in [6, 6.07) is 11.6. The van der Waals surface area contributed by atoms with E-state index in [0.29, 0.717) is 13.1 Å². The molecule has 1 aliphatic rings. The number of benzene rings is 1. The van der Waals surface area contributed by atoms with E-state index in [1.807, 2.05) is 49.1 Å². The number of nitrogens with one attached hydrogen (secondary N) is 2. The minimum Gasteiger partial charge on any atom is -0.337 e. The summed E-state index contributed by atoms with van der Waals surface area (Å²) < 4.78 is 0. The molecule has 1 fully saturated rings. The van der Waals surface area contributed by atoms with Crippen LogP contribution in [0.5, 0.6) is 0 Å². The van der Waals surface area contributed by atoms with Crippen molar-refractivity contribution in [3.63, 3.8) is 0 Å². The Balaban J connectivity index is 1.78. The molecular weight excluding hydrogens is 328 g/mol. The number of hydrogen-bond donors (Lipinski definition) is 2. The van der Waals surface area contributed by atoms with Crippen molar-refractivity contribution in [1.82, 2.24) is 10.2 Å². The Morgan fingerprint density at radius 1 is 1.27 bits per heavy atom. The average Bonchev–Trinajstić information content (AvgIpc) is 2.62. The van der Waals surface area contributed by atoms with Crippen LogP contribution in [0.2, 0.25) is 0 Å². The van der Waals surface area contributed by atoms with Crippen molar-refractivity contribution in [2.75, 3.05) is 25.0 Å². The Kier molecular flexibility index (Phi) is 6.76. The average molecular weight is 356 g/mol. The zero-order chi connectivity index (χ0) is 19.2. The summed E-state index contributed by atoms with van der Waals surface area (Å²) in [5, 5.41) is 15.1. The van der Waals surface area contributed by atoms with Gasteiger partial charge in [-0.1, -0.05) is 32.0 Å². The molecule has 1 aliphatic heterocycles. The highest BCUT2D eigenvalue weighted by Crippen LogP contribution is 2.20. The molecule has 0 spiro atoms. The van der Waals surface area contributed by atoms with E-state index >= 15 is 0 Å². The summed E-state index contributed by atoms with van der Waals surface area (Å²) in [7, 11) is 0. The number of para-hydroxylation sites is 1. The van der Waals surface area contributed by atoms with Gasteiger partial charge in [0.2, 0.25) is 11.8 Å². The molecule has 140 valence electrons. The number of rotatable bonds is 6. The van der Waals surface area contributed by atoms with E-state index in [1.54, 1.807) is 6.92 Å². The molecule has 0 aromatic heterocycles. The van der Waals surface area contributed by atoms with Gasteiger partial charge in [0.05, 0.1) is 12.6 Å². The number of carbonyl (C=O) groups excluding carboxylic acids is 2. The van der Waals surface area contributed by atoms with Crippen LogP contribution in [-0.4, -0.2) is 41.9 Å². The quantitative estimate of drug-likeness (QED) is 0.819. The molecule has 26 heavy (non-hydrogen) atoms. The largest absolute Gasteiger partial charge is 0.337 e. The van der Waals surface area contributed by atoms with Gasteiger partial charge in [-0.15, -0.1) is 0 Å². The molecule has 1 aromatic rings. The number of amides is 2. The highest BCUT2D eigenvalue weighted by atomic mass is 16.2. The fourth-order valence-electron chi connectivity index (χ4n) is 2.95. The third-order valence-electron chi connectivity index (χ3n) is 5.15. The maximum absolute atomic E-state index is 12.4. The third-order valence-corrected chi connectivity index (χ3v) is 5.15. The molecule has 0 saturated carbocycles. The zero-order valence-corrected chi connectivity index (χ0v) is 15.8. The number of anilines is 1. The molecule has 0 unspecified atom stereocenters. The van der Waals surface area contributed by atoms with E-state index in [9.17, 15) is 14.9 Å². The van der Waals surface area contributed by atoms with Crippen molar-refractivity contribution < 1.29 is 9.59 Å². The monoisotopic (exact) mass is 356 g/mol. The molecule has 1 heterocycles. The normalized spacial score (nSPS) is 18.0. The number of nitrogens with zero attached hydrogens (tertiary/aromatic N) is 2. The lowest BCUT2D eigenvalue weighted by molar-refractivity contribution is -0.124. The lowest BCUT2D eigenvalue weighted by Crippen LogP contribution is -2.52. The summed E-state index contributed by atoms with van der Waals surface area (Å²) in [5.41, 5.74) is -0.0471. The fourth-order valence-corrected chi connectivity index (χ4v) is 2.95. The Bertz CT molecular complexity index is 660. The van der Waals surface area contributed by atoms with Crippen LogP contribution in [0, 0.1) is 23.2 Å². The molecule has 6 nitrogen and oxygen atoms in total. The molecule has 6 heteroatoms. The van der Waals surface area contributed by atoms with Crippen LogP contribution in [-0.2, 0) is 9.59 Å². The molecular formula is C20H28N4O2. The van der Waals surface area contributed by atoms with E-state index in [-0.39, 0.29) is 30.2 Å². The van der Waals surface area contributed by atoms with Crippen LogP contribution in [0.3, 0.4) is 0 Å². The molecule has 2 N–H and O–H groups in total. The fraction of sp³-hybridized carbons (Fsp3) is 0.550. The molecule has 1 saturated heterocycles. The Morgan fingerprint density at radius 3 is 2.42 bits per heavy atom. The molecule has 2 rings (SSSR count). The van der Waals surface area contributed by atoms with Gasteiger partial charge in [0.1, 0.15) is 5.54 Å². The Labute approximate surface area is 155 Å². The second-order valence-corrected chi connectivity index (χ2v) is 7.42. The maximum atomic E-state index is 12.4. The maximum Gasteiger partial charge on any atom is 0.235 e. The first kappa shape index (κ1) is 19.9. The molecule has 0 aliphatic carbocycles. The minimum atomic E-state index is -0.856. The van der Waals surface area contributed by atoms with E-state index in [1.165, 1.54) is 0 Å². The van der Waals surface area contributed by atoms with E-state index < -0.39 is 5.54 Å². The lowest BCUT2D eigenvalue weighted by Gasteiger charge is -2.32. The third kappa shape index (κ3) is 5.30. The summed E-state index contributed by atoms with van der Waals surface area (Å²) in [5.74, 6) is -0.106. The summed E-state index contributed by atoms with van der Waals surface area (Å²) in [6.45, 7) is 7.24. The smallest absolute Gasteiger partial charge is 0.235 e. The topological polar surface area (TPSA) is 85.2 Å². The second kappa shape index (κ2) is 8.81. The van der Waals surface area contributed by atoms with Crippen molar-refractivity contribution in [2.45, 2.75) is 39.2 Å². The van der Waals surface area contributed by atoms with Gasteiger partial charge in [0, 0.05) is 11.6 Å². The van der Waals surface area contributed by atoms with Crippen LogP contribution in [0.4, 0.5) is 5.69 Å². The predicted octanol–water partition coefficient (Wildman–Crippen LogP) is 2.39. The van der Waals surface area contributed by atoms with Crippen LogP contribution >= 0.6 is 0 Å². The highest BCUT2D eigenvalue weighted by Gasteiger charge is 2.31. The van der Waals surface area contributed by atoms with Gasteiger partial charge >= 0.3 is 0 Å². The Hall–Kier alpha value is -2.39. The van der Waals surface area contributed by atoms with Crippen molar-refractivity contribution in [2.24, 2.45) is 11.8 Å². The highest BCUT2D eigenvalue weighted by molar-refractivity contribution is 5.92. The van der Waals surface area contributed by atoms with Crippen molar-refractivity contribution >= 4 is 17.5 Å². The first-order valence-electron chi connectivity index (χ1n) is 9.14. The molecule has 2 amide bonds. The van der Waals surface area contributed by atoms with Crippen LogP contribution in [0.15, 0.2) is 30.3 Å². The Morgan fingerprint density at radius 2 is 1.88 bits per heavy atom. The number of piperidine rings is 1. The second-order valence-electron chi connectivity index (χ2n) is 7.42. The van der Waals surface area contributed by atoms with Gasteiger partial charge in [-0.2, -0.15) is 5.26 Å². The van der Waals surface area contributed by atoms with Crippen molar-refractivity contribution in [1.29, 1.82) is 5.26 Å². The minimum absolute atomic E-state index is 0.0314. The van der Waals surface area contributed by atoms with Gasteiger partial charge in [-0.05, 0) is 50.9 Å². The lowest BCUT2D eigenvalue weighted by atomic mass is 9.90. The molecule has 0 radical (unpaired) electrons. The summed E-state index contributed by atoms with van der Waals surface area (Å²) in [6.07, 6.45) is 1.46. The number of likely N-dealkylation sites (tertiary alicyclic amines) is 1. The van der Waals surface area contributed by atoms with Gasteiger partial charge in [0.25, 0.3) is 0 Å². The number of nitriles is 1. The molecule has 1 atom stereocenters.